The zero-order chi connectivity index (χ0) is 25.6. The van der Waals surface area contributed by atoms with Crippen LogP contribution in [0.4, 0.5) is 14.5 Å². The van der Waals surface area contributed by atoms with Gasteiger partial charge in [-0.15, -0.1) is 0 Å². The third-order valence-corrected chi connectivity index (χ3v) is 6.28. The maximum Gasteiger partial charge on any atom is 0.300 e. The van der Waals surface area contributed by atoms with E-state index < -0.39 is 29.4 Å². The molecule has 184 valence electrons. The zero-order valence-electron chi connectivity index (χ0n) is 19.6. The van der Waals surface area contributed by atoms with E-state index in [9.17, 15) is 23.5 Å². The molecule has 3 aromatic rings. The van der Waals surface area contributed by atoms with E-state index in [2.05, 4.69) is 0 Å². The number of aliphatic hydroxyl groups excluding tert-OH is 1. The molecule has 5 rings (SSSR count). The standard InChI is InChI=1S/C28H23F2NO5/c1-3-35-20-6-4-5-16(13-20)25-24(26(32)17-7-10-23-18(12-17)11-15(2)36-23)27(33)28(34)31(25)19-8-9-21(29)22(30)14-19/h4-10,12-15,25,32H,3,11H2,1-2H3/b26-24-. The van der Waals surface area contributed by atoms with Crippen LogP contribution in [0.25, 0.3) is 5.76 Å². The van der Waals surface area contributed by atoms with Crippen LogP contribution in [0.1, 0.15) is 36.6 Å². The first-order chi connectivity index (χ1) is 17.3. The molecule has 36 heavy (non-hydrogen) atoms. The van der Waals surface area contributed by atoms with Crippen LogP contribution in [-0.2, 0) is 16.0 Å². The van der Waals surface area contributed by atoms with Gasteiger partial charge in [-0.1, -0.05) is 12.1 Å². The number of rotatable bonds is 5. The number of ether oxygens (including phenoxy) is 2. The lowest BCUT2D eigenvalue weighted by Gasteiger charge is -2.26. The van der Waals surface area contributed by atoms with Crippen LogP contribution < -0.4 is 14.4 Å². The van der Waals surface area contributed by atoms with Crippen LogP contribution >= 0.6 is 0 Å². The Balaban J connectivity index is 1.70. The summed E-state index contributed by atoms with van der Waals surface area (Å²) >= 11 is 0. The Morgan fingerprint density at radius 3 is 2.64 bits per heavy atom. The van der Waals surface area contributed by atoms with Gasteiger partial charge < -0.3 is 14.6 Å². The SMILES string of the molecule is CCOc1cccc(C2/C(=C(/O)c3ccc4c(c3)CC(C)O4)C(=O)C(=O)N2c2ccc(F)c(F)c2)c1. The van der Waals surface area contributed by atoms with E-state index in [0.717, 1.165) is 22.6 Å². The molecule has 3 aromatic carbocycles. The summed E-state index contributed by atoms with van der Waals surface area (Å²) in [5.41, 5.74) is 1.50. The lowest BCUT2D eigenvalue weighted by atomic mass is 9.94. The Bertz CT molecular complexity index is 1420. The van der Waals surface area contributed by atoms with Crippen molar-refractivity contribution in [1.29, 1.82) is 0 Å². The first-order valence-corrected chi connectivity index (χ1v) is 11.6. The number of carbonyl (C=O) groups excluding carboxylic acids is 2. The minimum atomic E-state index is -1.16. The molecule has 6 nitrogen and oxygen atoms in total. The summed E-state index contributed by atoms with van der Waals surface area (Å²) in [5, 5.41) is 11.3. The van der Waals surface area contributed by atoms with Gasteiger partial charge in [0.15, 0.2) is 11.6 Å². The summed E-state index contributed by atoms with van der Waals surface area (Å²) in [7, 11) is 0. The number of halogens is 2. The number of hydrogen-bond acceptors (Lipinski definition) is 5. The van der Waals surface area contributed by atoms with Gasteiger partial charge in [-0.2, -0.15) is 0 Å². The zero-order valence-corrected chi connectivity index (χ0v) is 19.6. The summed E-state index contributed by atoms with van der Waals surface area (Å²) in [6.07, 6.45) is 0.622. The fourth-order valence-electron chi connectivity index (χ4n) is 4.72. The first-order valence-electron chi connectivity index (χ1n) is 11.6. The van der Waals surface area contributed by atoms with Crippen molar-refractivity contribution in [3.05, 3.63) is 94.6 Å². The van der Waals surface area contributed by atoms with Gasteiger partial charge >= 0.3 is 0 Å². The lowest BCUT2D eigenvalue weighted by Crippen LogP contribution is -2.29. The maximum absolute atomic E-state index is 14.1. The van der Waals surface area contributed by atoms with Crippen molar-refractivity contribution in [3.63, 3.8) is 0 Å². The van der Waals surface area contributed by atoms with Gasteiger partial charge in [0.05, 0.1) is 18.2 Å². The predicted octanol–water partition coefficient (Wildman–Crippen LogP) is 5.31. The smallest absolute Gasteiger partial charge is 0.300 e. The van der Waals surface area contributed by atoms with E-state index in [0.29, 0.717) is 35.7 Å². The minimum Gasteiger partial charge on any atom is -0.507 e. The third-order valence-electron chi connectivity index (χ3n) is 6.28. The van der Waals surface area contributed by atoms with E-state index in [1.54, 1.807) is 42.5 Å². The number of ketones is 1. The molecule has 2 heterocycles. The van der Waals surface area contributed by atoms with Crippen molar-refractivity contribution >= 4 is 23.1 Å². The molecule has 0 bridgehead atoms. The first kappa shape index (κ1) is 23.5. The number of amides is 1. The van der Waals surface area contributed by atoms with Crippen molar-refractivity contribution in [2.45, 2.75) is 32.4 Å². The van der Waals surface area contributed by atoms with Gasteiger partial charge in [0, 0.05) is 23.7 Å². The highest BCUT2D eigenvalue weighted by Crippen LogP contribution is 2.43. The number of anilines is 1. The van der Waals surface area contributed by atoms with Crippen molar-refractivity contribution in [2.24, 2.45) is 0 Å². The Hall–Kier alpha value is -4.20. The van der Waals surface area contributed by atoms with Gasteiger partial charge in [0.25, 0.3) is 11.7 Å². The van der Waals surface area contributed by atoms with Gasteiger partial charge in [0.2, 0.25) is 0 Å². The molecular formula is C28H23F2NO5. The predicted molar refractivity (Wildman–Crippen MR) is 129 cm³/mol. The minimum absolute atomic E-state index is 0.0157. The molecule has 1 saturated heterocycles. The van der Waals surface area contributed by atoms with Crippen LogP contribution in [0.15, 0.2) is 66.2 Å². The van der Waals surface area contributed by atoms with Crippen LogP contribution in [0.3, 0.4) is 0 Å². The van der Waals surface area contributed by atoms with Crippen LogP contribution in [0.5, 0.6) is 11.5 Å². The third kappa shape index (κ3) is 3.98. The van der Waals surface area contributed by atoms with Gasteiger partial charge in [-0.05, 0) is 67.4 Å². The number of fused-ring (bicyclic) bond motifs is 1. The Morgan fingerprint density at radius 2 is 1.89 bits per heavy atom. The molecule has 2 atom stereocenters. The van der Waals surface area contributed by atoms with Gasteiger partial charge in [-0.25, -0.2) is 8.78 Å². The highest BCUT2D eigenvalue weighted by molar-refractivity contribution is 6.51. The van der Waals surface area contributed by atoms with Crippen LogP contribution in [0, 0.1) is 11.6 Å². The maximum atomic E-state index is 14.1. The molecule has 1 amide bonds. The quantitative estimate of drug-likeness (QED) is 0.297. The van der Waals surface area contributed by atoms with Gasteiger partial charge in [-0.3, -0.25) is 14.5 Å². The number of hydrogen-bond donors (Lipinski definition) is 1. The molecule has 2 aliphatic heterocycles. The molecule has 0 radical (unpaired) electrons. The second-order valence-electron chi connectivity index (χ2n) is 8.73. The average Bonchev–Trinajstić information content (AvgIpc) is 3.36. The van der Waals surface area contributed by atoms with Crippen molar-refractivity contribution in [3.8, 4) is 11.5 Å². The molecular weight excluding hydrogens is 468 g/mol. The van der Waals surface area contributed by atoms with Crippen LogP contribution in [0.2, 0.25) is 0 Å². The van der Waals surface area contributed by atoms with E-state index >= 15 is 0 Å². The molecule has 8 heteroatoms. The molecule has 2 aliphatic rings. The number of Topliss-reactive ketones (excluding diaryl/α,β-unsaturated/α-hetero) is 1. The summed E-state index contributed by atoms with van der Waals surface area (Å²) in [4.78, 5) is 27.6. The molecule has 0 spiro atoms. The highest BCUT2D eigenvalue weighted by atomic mass is 19.2. The number of carbonyl (C=O) groups is 2. The normalized spacial score (nSPS) is 20.4. The monoisotopic (exact) mass is 491 g/mol. The van der Waals surface area contributed by atoms with Gasteiger partial charge in [0.1, 0.15) is 23.4 Å². The number of benzene rings is 3. The van der Waals surface area contributed by atoms with Crippen molar-refractivity contribution < 1.29 is 33.0 Å². The van der Waals surface area contributed by atoms with Crippen molar-refractivity contribution in [1.82, 2.24) is 0 Å². The highest BCUT2D eigenvalue weighted by Gasteiger charge is 2.47. The Kier molecular flexibility index (Phi) is 5.96. The van der Waals surface area contributed by atoms with E-state index in [1.807, 2.05) is 13.8 Å². The van der Waals surface area contributed by atoms with Crippen LogP contribution in [-0.4, -0.2) is 29.5 Å². The van der Waals surface area contributed by atoms with E-state index in [1.165, 1.54) is 6.07 Å². The second kappa shape index (κ2) is 9.11. The van der Waals surface area contributed by atoms with Crippen molar-refractivity contribution in [2.75, 3.05) is 11.5 Å². The average molecular weight is 491 g/mol. The topological polar surface area (TPSA) is 76.1 Å². The summed E-state index contributed by atoms with van der Waals surface area (Å²) < 4.78 is 39.1. The molecule has 1 N–H and O–H groups in total. The summed E-state index contributed by atoms with van der Waals surface area (Å²) in [5.74, 6) is -3.32. The molecule has 2 unspecified atom stereocenters. The Labute approximate surface area is 206 Å². The largest absolute Gasteiger partial charge is 0.507 e. The van der Waals surface area contributed by atoms with E-state index in [4.69, 9.17) is 9.47 Å². The molecule has 0 aliphatic carbocycles. The number of nitrogens with zero attached hydrogens (tertiary/aromatic N) is 1. The molecule has 0 aromatic heterocycles. The summed E-state index contributed by atoms with van der Waals surface area (Å²) in [6, 6.07) is 13.7. The molecule has 1 fully saturated rings. The van der Waals surface area contributed by atoms with E-state index in [-0.39, 0.29) is 23.1 Å². The second-order valence-corrected chi connectivity index (χ2v) is 8.73. The Morgan fingerprint density at radius 1 is 1.08 bits per heavy atom. The number of aliphatic hydroxyl groups is 1. The fourth-order valence-corrected chi connectivity index (χ4v) is 4.72. The lowest BCUT2D eigenvalue weighted by molar-refractivity contribution is -0.132. The fraction of sp³-hybridized carbons (Fsp3) is 0.214. The molecule has 0 saturated carbocycles. The summed E-state index contributed by atoms with van der Waals surface area (Å²) in [6.45, 7) is 4.14.